The van der Waals surface area contributed by atoms with Gasteiger partial charge in [0, 0.05) is 31.7 Å². The summed E-state index contributed by atoms with van der Waals surface area (Å²) in [5.74, 6) is 3.00. The summed E-state index contributed by atoms with van der Waals surface area (Å²) < 4.78 is 10.6. The first-order valence-electron chi connectivity index (χ1n) is 11.0. The van der Waals surface area contributed by atoms with E-state index in [1.807, 2.05) is 54.6 Å². The fourth-order valence-corrected chi connectivity index (χ4v) is 3.87. The number of aromatic nitrogens is 2. The summed E-state index contributed by atoms with van der Waals surface area (Å²) in [5.41, 5.74) is 1.89. The first-order chi connectivity index (χ1) is 16.2. The van der Waals surface area contributed by atoms with Crippen LogP contribution >= 0.6 is 0 Å². The molecule has 33 heavy (non-hydrogen) atoms. The van der Waals surface area contributed by atoms with E-state index in [2.05, 4.69) is 25.5 Å². The third-order valence-electron chi connectivity index (χ3n) is 5.79. The third kappa shape index (κ3) is 5.71. The van der Waals surface area contributed by atoms with E-state index in [1.165, 1.54) is 0 Å². The molecule has 1 aliphatic heterocycles. The number of rotatable bonds is 8. The maximum atomic E-state index is 12.6. The predicted octanol–water partition coefficient (Wildman–Crippen LogP) is 3.77. The van der Waals surface area contributed by atoms with Crippen LogP contribution in [0.25, 0.3) is 0 Å². The van der Waals surface area contributed by atoms with Crippen LogP contribution in [-0.4, -0.2) is 43.2 Å². The van der Waals surface area contributed by atoms with Crippen molar-refractivity contribution in [3.8, 4) is 11.5 Å². The smallest absolute Gasteiger partial charge is 0.227 e. The van der Waals surface area contributed by atoms with E-state index in [9.17, 15) is 4.79 Å². The number of nitrogens with one attached hydrogen (secondary N) is 2. The largest absolute Gasteiger partial charge is 0.497 e. The van der Waals surface area contributed by atoms with Crippen LogP contribution in [0.15, 0.2) is 60.8 Å². The minimum absolute atomic E-state index is 0.00520. The second kappa shape index (κ2) is 10.7. The molecule has 8 heteroatoms. The summed E-state index contributed by atoms with van der Waals surface area (Å²) in [5, 5.41) is 6.35. The van der Waals surface area contributed by atoms with Gasteiger partial charge in [0.05, 0.1) is 19.9 Å². The highest BCUT2D eigenvalue weighted by molar-refractivity contribution is 5.79. The molecule has 0 saturated carbocycles. The molecule has 1 aromatic heterocycles. The Morgan fingerprint density at radius 2 is 1.79 bits per heavy atom. The Hall–Kier alpha value is -3.81. The molecule has 1 aliphatic rings. The number of nitrogens with zero attached hydrogens (tertiary/aromatic N) is 3. The van der Waals surface area contributed by atoms with Gasteiger partial charge in [-0.15, -0.1) is 0 Å². The lowest BCUT2D eigenvalue weighted by molar-refractivity contribution is -0.125. The zero-order valence-electron chi connectivity index (χ0n) is 19.0. The normalized spacial score (nSPS) is 13.9. The lowest BCUT2D eigenvalue weighted by Crippen LogP contribution is -2.41. The molecule has 0 unspecified atom stereocenters. The number of carbonyl (C=O) groups excluding carboxylic acids is 1. The van der Waals surface area contributed by atoms with Gasteiger partial charge in [-0.2, -0.15) is 4.98 Å². The van der Waals surface area contributed by atoms with Crippen LogP contribution in [0.2, 0.25) is 0 Å². The highest BCUT2D eigenvalue weighted by Gasteiger charge is 2.26. The van der Waals surface area contributed by atoms with Gasteiger partial charge < -0.3 is 25.0 Å². The maximum absolute atomic E-state index is 12.6. The number of ether oxygens (including phenoxy) is 2. The van der Waals surface area contributed by atoms with Gasteiger partial charge in [0.15, 0.2) is 0 Å². The van der Waals surface area contributed by atoms with Gasteiger partial charge in [0.2, 0.25) is 11.9 Å². The van der Waals surface area contributed by atoms with Crippen molar-refractivity contribution in [3.63, 3.8) is 0 Å². The van der Waals surface area contributed by atoms with Crippen LogP contribution in [0.3, 0.4) is 0 Å². The minimum atomic E-state index is -0.00520. The molecule has 4 rings (SSSR count). The van der Waals surface area contributed by atoms with Crippen molar-refractivity contribution < 1.29 is 14.3 Å². The second-order valence-electron chi connectivity index (χ2n) is 7.89. The van der Waals surface area contributed by atoms with E-state index in [0.717, 1.165) is 48.7 Å². The van der Waals surface area contributed by atoms with Crippen LogP contribution in [0, 0.1) is 5.92 Å². The van der Waals surface area contributed by atoms with Crippen molar-refractivity contribution in [2.45, 2.75) is 19.4 Å². The van der Waals surface area contributed by atoms with Crippen molar-refractivity contribution in [1.82, 2.24) is 15.3 Å². The summed E-state index contributed by atoms with van der Waals surface area (Å²) in [6.07, 6.45) is 3.28. The van der Waals surface area contributed by atoms with Crippen LogP contribution < -0.4 is 25.0 Å². The molecule has 2 heterocycles. The van der Waals surface area contributed by atoms with Crippen LogP contribution in [-0.2, 0) is 11.3 Å². The summed E-state index contributed by atoms with van der Waals surface area (Å²) in [4.78, 5) is 23.9. The summed E-state index contributed by atoms with van der Waals surface area (Å²) in [6, 6.07) is 17.3. The zero-order chi connectivity index (χ0) is 23.0. The number of para-hydroxylation sites is 2. The van der Waals surface area contributed by atoms with Gasteiger partial charge in [0.1, 0.15) is 17.3 Å². The molecule has 8 nitrogen and oxygen atoms in total. The molecule has 1 saturated heterocycles. The molecule has 0 bridgehead atoms. The SMILES string of the molecule is COc1ccc(CNC(=O)C2CCN(c3nccc(Nc4ccccc4OC)n3)CC2)cc1. The molecule has 1 fully saturated rings. The highest BCUT2D eigenvalue weighted by Crippen LogP contribution is 2.27. The first kappa shape index (κ1) is 22.4. The van der Waals surface area contributed by atoms with E-state index in [0.29, 0.717) is 18.3 Å². The first-order valence-corrected chi connectivity index (χ1v) is 11.0. The number of benzene rings is 2. The molecule has 0 radical (unpaired) electrons. The lowest BCUT2D eigenvalue weighted by atomic mass is 9.96. The van der Waals surface area contributed by atoms with Crippen molar-refractivity contribution in [1.29, 1.82) is 0 Å². The van der Waals surface area contributed by atoms with E-state index in [1.54, 1.807) is 20.4 Å². The standard InChI is InChI=1S/C25H29N5O3/c1-32-20-9-7-18(8-10-20)17-27-24(31)19-12-15-30(16-13-19)25-26-14-11-23(29-25)28-21-5-3-4-6-22(21)33-2/h3-11,14,19H,12-13,15-17H2,1-2H3,(H,27,31)(H,26,28,29). The Morgan fingerprint density at radius 3 is 2.52 bits per heavy atom. The Kier molecular flexibility index (Phi) is 7.24. The van der Waals surface area contributed by atoms with Crippen LogP contribution in [0.4, 0.5) is 17.5 Å². The van der Waals surface area contributed by atoms with Crippen LogP contribution in [0.1, 0.15) is 18.4 Å². The molecular formula is C25H29N5O3. The van der Waals surface area contributed by atoms with Crippen LogP contribution in [0.5, 0.6) is 11.5 Å². The summed E-state index contributed by atoms with van der Waals surface area (Å²) in [6.45, 7) is 1.99. The van der Waals surface area contributed by atoms with Crippen molar-refractivity contribution in [3.05, 3.63) is 66.4 Å². The lowest BCUT2D eigenvalue weighted by Gasteiger charge is -2.31. The summed E-state index contributed by atoms with van der Waals surface area (Å²) in [7, 11) is 3.28. The number of amides is 1. The second-order valence-corrected chi connectivity index (χ2v) is 7.89. The molecule has 0 aliphatic carbocycles. The molecule has 0 spiro atoms. The topological polar surface area (TPSA) is 88.6 Å². The molecule has 2 N–H and O–H groups in total. The van der Waals surface area contributed by atoms with E-state index < -0.39 is 0 Å². The number of anilines is 3. The van der Waals surface area contributed by atoms with E-state index in [4.69, 9.17) is 9.47 Å². The van der Waals surface area contributed by atoms with Gasteiger partial charge in [-0.1, -0.05) is 24.3 Å². The predicted molar refractivity (Wildman–Crippen MR) is 128 cm³/mol. The van der Waals surface area contributed by atoms with Gasteiger partial charge in [-0.05, 0) is 48.7 Å². The fraction of sp³-hybridized carbons (Fsp3) is 0.320. The number of piperidine rings is 1. The molecule has 172 valence electrons. The highest BCUT2D eigenvalue weighted by atomic mass is 16.5. The minimum Gasteiger partial charge on any atom is -0.497 e. The Labute approximate surface area is 194 Å². The quantitative estimate of drug-likeness (QED) is 0.543. The van der Waals surface area contributed by atoms with Crippen molar-refractivity contribution in [2.24, 2.45) is 5.92 Å². The fourth-order valence-electron chi connectivity index (χ4n) is 3.87. The maximum Gasteiger partial charge on any atom is 0.227 e. The van der Waals surface area contributed by atoms with Crippen molar-refractivity contribution >= 4 is 23.4 Å². The molecule has 1 amide bonds. The zero-order valence-corrected chi connectivity index (χ0v) is 19.0. The number of hydrogen-bond acceptors (Lipinski definition) is 7. The molecule has 3 aromatic rings. The number of methoxy groups -OCH3 is 2. The number of hydrogen-bond donors (Lipinski definition) is 2. The van der Waals surface area contributed by atoms with Crippen molar-refractivity contribution in [2.75, 3.05) is 37.5 Å². The van der Waals surface area contributed by atoms with E-state index >= 15 is 0 Å². The average Bonchev–Trinajstić information content (AvgIpc) is 2.88. The van der Waals surface area contributed by atoms with Gasteiger partial charge >= 0.3 is 0 Å². The van der Waals surface area contributed by atoms with Gasteiger partial charge in [-0.25, -0.2) is 4.98 Å². The number of carbonyl (C=O) groups is 1. The Bertz CT molecular complexity index is 1070. The summed E-state index contributed by atoms with van der Waals surface area (Å²) >= 11 is 0. The van der Waals surface area contributed by atoms with Gasteiger partial charge in [0.25, 0.3) is 0 Å². The molecule has 0 atom stereocenters. The molecule has 2 aromatic carbocycles. The monoisotopic (exact) mass is 447 g/mol. The Morgan fingerprint density at radius 1 is 1.03 bits per heavy atom. The third-order valence-corrected chi connectivity index (χ3v) is 5.79. The average molecular weight is 448 g/mol. The Balaban J connectivity index is 1.30. The molecular weight excluding hydrogens is 418 g/mol. The van der Waals surface area contributed by atoms with E-state index in [-0.39, 0.29) is 11.8 Å². The van der Waals surface area contributed by atoms with Gasteiger partial charge in [-0.3, -0.25) is 4.79 Å².